The highest BCUT2D eigenvalue weighted by molar-refractivity contribution is 7.22. The maximum Gasteiger partial charge on any atom is 0.262 e. The Morgan fingerprint density at radius 2 is 2.00 bits per heavy atom. The predicted octanol–water partition coefficient (Wildman–Crippen LogP) is 0.0639. The van der Waals surface area contributed by atoms with Crippen molar-refractivity contribution in [2.45, 2.75) is 5.54 Å². The molecule has 0 spiro atoms. The van der Waals surface area contributed by atoms with E-state index in [9.17, 15) is 20.1 Å². The standard InChI is InChI=1S/C16H18N4O4S/c1-10-11(6-17-16(7-21,8-22)9-23)14(24)20(19-10)15-18-12-4-2-3-5-13(12)25-15/h2-6,11,19,21-23H,1,7-9H2/t11-/m1/s1. The Balaban J connectivity index is 1.85. The van der Waals surface area contributed by atoms with Crippen LogP contribution in [0.25, 0.3) is 10.2 Å². The van der Waals surface area contributed by atoms with Crippen molar-refractivity contribution in [3.05, 3.63) is 36.5 Å². The lowest BCUT2D eigenvalue weighted by Crippen LogP contribution is -2.40. The molecule has 9 heteroatoms. The molecule has 1 aromatic carbocycles. The number of amides is 1. The van der Waals surface area contributed by atoms with E-state index in [0.717, 1.165) is 10.2 Å². The summed E-state index contributed by atoms with van der Waals surface area (Å²) in [5.41, 5.74) is 2.64. The maximum absolute atomic E-state index is 12.7. The summed E-state index contributed by atoms with van der Waals surface area (Å²) in [6.07, 6.45) is 1.29. The molecule has 1 saturated heterocycles. The van der Waals surface area contributed by atoms with Gasteiger partial charge in [-0.25, -0.2) is 4.98 Å². The van der Waals surface area contributed by atoms with Crippen LogP contribution in [0.1, 0.15) is 0 Å². The van der Waals surface area contributed by atoms with Gasteiger partial charge in [-0.3, -0.25) is 15.2 Å². The number of hydrazine groups is 1. The highest BCUT2D eigenvalue weighted by Gasteiger charge is 2.37. The maximum atomic E-state index is 12.7. The minimum absolute atomic E-state index is 0.324. The van der Waals surface area contributed by atoms with Crippen molar-refractivity contribution in [3.63, 3.8) is 0 Å². The van der Waals surface area contributed by atoms with Gasteiger partial charge in [0.25, 0.3) is 5.91 Å². The summed E-state index contributed by atoms with van der Waals surface area (Å²) in [6.45, 7) is 2.19. The number of rotatable bonds is 6. The minimum atomic E-state index is -1.43. The van der Waals surface area contributed by atoms with Crippen LogP contribution >= 0.6 is 11.3 Å². The fourth-order valence-electron chi connectivity index (χ4n) is 2.31. The van der Waals surface area contributed by atoms with Crippen LogP contribution in [0.15, 0.2) is 41.5 Å². The normalized spacial score (nSPS) is 18.5. The molecule has 1 aliphatic rings. The third kappa shape index (κ3) is 3.14. The molecule has 132 valence electrons. The number of aromatic nitrogens is 1. The molecule has 0 aliphatic carbocycles. The second kappa shape index (κ2) is 6.89. The van der Waals surface area contributed by atoms with Crippen LogP contribution in [-0.2, 0) is 4.79 Å². The predicted molar refractivity (Wildman–Crippen MR) is 95.4 cm³/mol. The van der Waals surface area contributed by atoms with Gasteiger partial charge in [0.15, 0.2) is 0 Å². The lowest BCUT2D eigenvalue weighted by molar-refractivity contribution is -0.118. The van der Waals surface area contributed by atoms with Crippen molar-refractivity contribution in [2.75, 3.05) is 24.8 Å². The average Bonchev–Trinajstić information content (AvgIpc) is 3.18. The van der Waals surface area contributed by atoms with Crippen LogP contribution in [0.3, 0.4) is 0 Å². The largest absolute Gasteiger partial charge is 0.394 e. The van der Waals surface area contributed by atoms with Crippen LogP contribution < -0.4 is 10.4 Å². The van der Waals surface area contributed by atoms with Crippen molar-refractivity contribution in [2.24, 2.45) is 10.9 Å². The summed E-state index contributed by atoms with van der Waals surface area (Å²) < 4.78 is 0.953. The lowest BCUT2D eigenvalue weighted by Gasteiger charge is -2.22. The van der Waals surface area contributed by atoms with Crippen molar-refractivity contribution >= 4 is 38.8 Å². The van der Waals surface area contributed by atoms with E-state index in [0.29, 0.717) is 10.8 Å². The number of hydrogen-bond acceptors (Lipinski definition) is 8. The van der Waals surface area contributed by atoms with Gasteiger partial charge < -0.3 is 15.3 Å². The van der Waals surface area contributed by atoms with Crippen molar-refractivity contribution < 1.29 is 20.1 Å². The van der Waals surface area contributed by atoms with Crippen molar-refractivity contribution in [1.82, 2.24) is 10.4 Å². The first-order chi connectivity index (χ1) is 12.0. The quantitative estimate of drug-likeness (QED) is 0.540. The number of nitrogens with zero attached hydrogens (tertiary/aromatic N) is 3. The molecule has 0 saturated carbocycles. The molecule has 4 N–H and O–H groups in total. The Labute approximate surface area is 147 Å². The van der Waals surface area contributed by atoms with Gasteiger partial charge in [0.2, 0.25) is 5.13 Å². The molecular weight excluding hydrogens is 344 g/mol. The van der Waals surface area contributed by atoms with Gasteiger partial charge in [-0.15, -0.1) is 0 Å². The van der Waals surface area contributed by atoms with Crippen molar-refractivity contribution in [3.8, 4) is 0 Å². The van der Waals surface area contributed by atoms with E-state index >= 15 is 0 Å². The van der Waals surface area contributed by atoms with Crippen LogP contribution in [0, 0.1) is 5.92 Å². The highest BCUT2D eigenvalue weighted by Crippen LogP contribution is 2.31. The van der Waals surface area contributed by atoms with Gasteiger partial charge in [-0.1, -0.05) is 30.0 Å². The lowest BCUT2D eigenvalue weighted by atomic mass is 10.0. The first-order valence-electron chi connectivity index (χ1n) is 7.56. The zero-order valence-electron chi connectivity index (χ0n) is 13.3. The smallest absolute Gasteiger partial charge is 0.262 e. The number of aliphatic hydroxyl groups excluding tert-OH is 3. The molecule has 1 fully saturated rings. The molecule has 25 heavy (non-hydrogen) atoms. The molecule has 1 amide bonds. The SMILES string of the molecule is C=C1NN(c2nc3ccccc3s2)C(=O)[C@@H]1C=NC(CO)(CO)CO. The van der Waals surface area contributed by atoms with E-state index in [1.54, 1.807) is 0 Å². The van der Waals surface area contributed by atoms with Gasteiger partial charge in [0, 0.05) is 11.9 Å². The topological polar surface area (TPSA) is 118 Å². The Morgan fingerprint density at radius 1 is 1.32 bits per heavy atom. The van der Waals surface area contributed by atoms with Crippen LogP contribution in [0.4, 0.5) is 5.13 Å². The summed E-state index contributed by atoms with van der Waals surface area (Å²) >= 11 is 1.37. The minimum Gasteiger partial charge on any atom is -0.394 e. The Kier molecular flexibility index (Phi) is 4.82. The van der Waals surface area contributed by atoms with E-state index in [2.05, 4.69) is 22.0 Å². The summed E-state index contributed by atoms with van der Waals surface area (Å²) in [4.78, 5) is 21.1. The molecule has 2 aromatic rings. The fraction of sp³-hybridized carbons (Fsp3) is 0.312. The van der Waals surface area contributed by atoms with E-state index in [-0.39, 0.29) is 5.91 Å². The molecule has 0 bridgehead atoms. The van der Waals surface area contributed by atoms with E-state index in [4.69, 9.17) is 0 Å². The van der Waals surface area contributed by atoms with Gasteiger partial charge in [0.1, 0.15) is 11.5 Å². The average molecular weight is 362 g/mol. The Morgan fingerprint density at radius 3 is 2.64 bits per heavy atom. The number of aliphatic hydroxyl groups is 3. The Bertz CT molecular complexity index is 789. The van der Waals surface area contributed by atoms with Crippen LogP contribution in [0.5, 0.6) is 0 Å². The van der Waals surface area contributed by atoms with Crippen molar-refractivity contribution in [1.29, 1.82) is 0 Å². The van der Waals surface area contributed by atoms with E-state index in [1.165, 1.54) is 22.6 Å². The molecular formula is C16H18N4O4S. The highest BCUT2D eigenvalue weighted by atomic mass is 32.1. The summed E-state index contributed by atoms with van der Waals surface area (Å²) in [5.74, 6) is -1.11. The second-order valence-corrected chi connectivity index (χ2v) is 6.74. The molecule has 0 radical (unpaired) electrons. The third-order valence-electron chi connectivity index (χ3n) is 3.97. The monoisotopic (exact) mass is 362 g/mol. The number of hydrogen-bond donors (Lipinski definition) is 4. The molecule has 3 rings (SSSR count). The van der Waals surface area contributed by atoms with E-state index in [1.807, 2.05) is 24.3 Å². The number of anilines is 1. The zero-order chi connectivity index (χ0) is 18.0. The molecule has 1 aromatic heterocycles. The molecule has 0 unspecified atom stereocenters. The van der Waals surface area contributed by atoms with Gasteiger partial charge in [-0.2, -0.15) is 5.01 Å². The molecule has 2 heterocycles. The summed E-state index contributed by atoms with van der Waals surface area (Å²) in [5, 5.41) is 29.7. The number of carbonyl (C=O) groups excluding carboxylic acids is 1. The summed E-state index contributed by atoms with van der Waals surface area (Å²) in [7, 11) is 0. The number of aliphatic imine (C=N–C) groups is 1. The number of nitrogens with one attached hydrogen (secondary N) is 1. The third-order valence-corrected chi connectivity index (χ3v) is 4.99. The zero-order valence-corrected chi connectivity index (χ0v) is 14.1. The molecule has 1 aliphatic heterocycles. The summed E-state index contributed by atoms with van der Waals surface area (Å²) in [6, 6.07) is 7.55. The van der Waals surface area contributed by atoms with Crippen LogP contribution in [-0.4, -0.2) is 57.8 Å². The number of thiazole rings is 1. The molecule has 8 nitrogen and oxygen atoms in total. The van der Waals surface area contributed by atoms with Crippen LogP contribution in [0.2, 0.25) is 0 Å². The first-order valence-corrected chi connectivity index (χ1v) is 8.38. The Hall–Kier alpha value is -2.33. The van der Waals surface area contributed by atoms with E-state index < -0.39 is 31.3 Å². The second-order valence-electron chi connectivity index (χ2n) is 5.73. The number of carbonyl (C=O) groups is 1. The van der Waals surface area contributed by atoms with Gasteiger partial charge in [-0.05, 0) is 12.1 Å². The number of benzene rings is 1. The van der Waals surface area contributed by atoms with Gasteiger partial charge >= 0.3 is 0 Å². The number of fused-ring (bicyclic) bond motifs is 1. The number of para-hydroxylation sites is 1. The molecule has 1 atom stereocenters. The fourth-order valence-corrected chi connectivity index (χ4v) is 3.25. The first kappa shape index (κ1) is 17.5. The van der Waals surface area contributed by atoms with Gasteiger partial charge in [0.05, 0.1) is 30.0 Å².